The molecule has 5 heteroatoms. The van der Waals surface area contributed by atoms with Crippen LogP contribution in [0.2, 0.25) is 5.02 Å². The molecule has 0 aliphatic rings. The molecule has 2 aromatic heterocycles. The van der Waals surface area contributed by atoms with Gasteiger partial charge >= 0.3 is 0 Å². The summed E-state index contributed by atoms with van der Waals surface area (Å²) in [6.45, 7) is 6.95. The first-order valence-electron chi connectivity index (χ1n) is 5.78. The Hall–Kier alpha value is -0.290. The van der Waals surface area contributed by atoms with Crippen LogP contribution in [0.4, 0.5) is 0 Å². The van der Waals surface area contributed by atoms with Gasteiger partial charge in [-0.15, -0.1) is 11.3 Å². The number of rotatable bonds is 4. The van der Waals surface area contributed by atoms with E-state index in [9.17, 15) is 0 Å². The molecule has 2 aromatic rings. The highest BCUT2D eigenvalue weighted by atomic mass is 79.9. The molecule has 18 heavy (non-hydrogen) atoms. The summed E-state index contributed by atoms with van der Waals surface area (Å²) in [5.41, 5.74) is 1.18. The topological polar surface area (TPSA) is 25.2 Å². The van der Waals surface area contributed by atoms with Crippen molar-refractivity contribution in [1.29, 1.82) is 0 Å². The fourth-order valence-electron chi connectivity index (χ4n) is 2.01. The predicted octanol–water partition coefficient (Wildman–Crippen LogP) is 5.07. The summed E-state index contributed by atoms with van der Waals surface area (Å²) in [4.78, 5) is 1.19. The van der Waals surface area contributed by atoms with E-state index in [1.807, 2.05) is 19.9 Å². The maximum atomic E-state index is 6.12. The Labute approximate surface area is 124 Å². The van der Waals surface area contributed by atoms with Crippen molar-refractivity contribution in [2.75, 3.05) is 6.54 Å². The predicted molar refractivity (Wildman–Crippen MR) is 80.7 cm³/mol. The van der Waals surface area contributed by atoms with E-state index >= 15 is 0 Å². The van der Waals surface area contributed by atoms with E-state index in [1.165, 1.54) is 10.4 Å². The van der Waals surface area contributed by atoms with Gasteiger partial charge in [-0.1, -0.05) is 18.5 Å². The summed E-state index contributed by atoms with van der Waals surface area (Å²) in [6.07, 6.45) is 0. The molecule has 2 rings (SSSR count). The molecule has 0 radical (unpaired) electrons. The van der Waals surface area contributed by atoms with Gasteiger partial charge in [0.05, 0.1) is 14.9 Å². The molecule has 0 amide bonds. The molecule has 0 aromatic carbocycles. The maximum Gasteiger partial charge on any atom is 0.106 e. The van der Waals surface area contributed by atoms with Crippen molar-refractivity contribution in [3.63, 3.8) is 0 Å². The Morgan fingerprint density at radius 2 is 2.17 bits per heavy atom. The molecule has 2 nitrogen and oxygen atoms in total. The molecule has 0 aliphatic carbocycles. The summed E-state index contributed by atoms with van der Waals surface area (Å²) in [6, 6.07) is 4.23. The molecular weight excluding hydrogens is 334 g/mol. The molecule has 0 saturated heterocycles. The Kier molecular flexibility index (Phi) is 4.54. The molecule has 0 fully saturated rings. The second-order valence-electron chi connectivity index (χ2n) is 4.13. The van der Waals surface area contributed by atoms with Crippen LogP contribution in [0.5, 0.6) is 0 Å². The van der Waals surface area contributed by atoms with Gasteiger partial charge < -0.3 is 9.73 Å². The van der Waals surface area contributed by atoms with Crippen LogP contribution >= 0.6 is 38.9 Å². The Bertz CT molecular complexity index is 530. The normalized spacial score (nSPS) is 12.9. The number of thiophene rings is 1. The van der Waals surface area contributed by atoms with Gasteiger partial charge in [0, 0.05) is 10.4 Å². The third-order valence-electron chi connectivity index (χ3n) is 2.75. The van der Waals surface area contributed by atoms with Crippen LogP contribution < -0.4 is 5.32 Å². The molecule has 0 aliphatic heterocycles. The Morgan fingerprint density at radius 3 is 2.61 bits per heavy atom. The number of nitrogens with one attached hydrogen (secondary N) is 1. The SMILES string of the molecule is CCNC(c1cc(Cl)c(Br)s1)c1cc(C)oc1C. The van der Waals surface area contributed by atoms with Gasteiger partial charge in [-0.25, -0.2) is 0 Å². The molecule has 0 saturated carbocycles. The number of halogens is 2. The van der Waals surface area contributed by atoms with Crippen molar-refractivity contribution < 1.29 is 4.42 Å². The second kappa shape index (κ2) is 5.78. The molecule has 1 atom stereocenters. The van der Waals surface area contributed by atoms with E-state index in [0.717, 1.165) is 26.9 Å². The zero-order valence-corrected chi connectivity index (χ0v) is 13.7. The molecule has 2 heterocycles. The third kappa shape index (κ3) is 2.82. The summed E-state index contributed by atoms with van der Waals surface area (Å²) in [5, 5.41) is 4.24. The summed E-state index contributed by atoms with van der Waals surface area (Å²) >= 11 is 11.2. The van der Waals surface area contributed by atoms with Gasteiger partial charge in [-0.3, -0.25) is 0 Å². The van der Waals surface area contributed by atoms with Gasteiger partial charge in [0.2, 0.25) is 0 Å². The Balaban J connectivity index is 2.42. The van der Waals surface area contributed by atoms with Crippen LogP contribution in [-0.2, 0) is 0 Å². The molecule has 0 bridgehead atoms. The average molecular weight is 349 g/mol. The highest BCUT2D eigenvalue weighted by Gasteiger charge is 2.21. The Morgan fingerprint density at radius 1 is 1.44 bits per heavy atom. The minimum Gasteiger partial charge on any atom is -0.466 e. The lowest BCUT2D eigenvalue weighted by Crippen LogP contribution is -2.21. The molecule has 0 spiro atoms. The van der Waals surface area contributed by atoms with E-state index in [2.05, 4.69) is 34.2 Å². The van der Waals surface area contributed by atoms with Crippen molar-refractivity contribution in [3.8, 4) is 0 Å². The highest BCUT2D eigenvalue weighted by molar-refractivity contribution is 9.11. The second-order valence-corrected chi connectivity index (χ2v) is 6.94. The molecule has 98 valence electrons. The first kappa shape index (κ1) is 14.1. The molecule has 1 unspecified atom stereocenters. The van der Waals surface area contributed by atoms with E-state index in [-0.39, 0.29) is 6.04 Å². The quantitative estimate of drug-likeness (QED) is 0.834. The van der Waals surface area contributed by atoms with Crippen molar-refractivity contribution in [1.82, 2.24) is 5.32 Å². The molecule has 1 N–H and O–H groups in total. The smallest absolute Gasteiger partial charge is 0.106 e. The average Bonchev–Trinajstić information content (AvgIpc) is 2.79. The van der Waals surface area contributed by atoms with Gasteiger partial charge in [-0.2, -0.15) is 0 Å². The first-order chi connectivity index (χ1) is 8.52. The number of hydrogen-bond acceptors (Lipinski definition) is 3. The van der Waals surface area contributed by atoms with E-state index in [0.29, 0.717) is 0 Å². The van der Waals surface area contributed by atoms with Crippen molar-refractivity contribution in [3.05, 3.63) is 42.9 Å². The summed E-state index contributed by atoms with van der Waals surface area (Å²) in [7, 11) is 0. The van der Waals surface area contributed by atoms with Crippen LogP contribution in [0, 0.1) is 13.8 Å². The molecular formula is C13H15BrClNOS. The number of aryl methyl sites for hydroxylation is 2. The van der Waals surface area contributed by atoms with Gasteiger partial charge in [0.1, 0.15) is 11.5 Å². The number of hydrogen-bond donors (Lipinski definition) is 1. The van der Waals surface area contributed by atoms with E-state index in [1.54, 1.807) is 11.3 Å². The van der Waals surface area contributed by atoms with Crippen molar-refractivity contribution in [2.45, 2.75) is 26.8 Å². The third-order valence-corrected chi connectivity index (χ3v) is 5.29. The van der Waals surface area contributed by atoms with E-state index < -0.39 is 0 Å². The van der Waals surface area contributed by atoms with Crippen molar-refractivity contribution in [2.24, 2.45) is 0 Å². The zero-order chi connectivity index (χ0) is 13.3. The zero-order valence-electron chi connectivity index (χ0n) is 10.5. The maximum absolute atomic E-state index is 6.12. The fourth-order valence-corrected chi connectivity index (χ4v) is 3.85. The highest BCUT2D eigenvalue weighted by Crippen LogP contribution is 2.38. The monoisotopic (exact) mass is 347 g/mol. The summed E-state index contributed by atoms with van der Waals surface area (Å²) in [5.74, 6) is 1.89. The van der Waals surface area contributed by atoms with Gasteiger partial charge in [0.25, 0.3) is 0 Å². The van der Waals surface area contributed by atoms with E-state index in [4.69, 9.17) is 16.0 Å². The first-order valence-corrected chi connectivity index (χ1v) is 7.76. The number of furan rings is 1. The standard InChI is InChI=1S/C13H15BrClNOS/c1-4-16-12(9-5-7(2)17-8(9)3)11-6-10(15)13(14)18-11/h5-6,12,16H,4H2,1-3H3. The summed E-state index contributed by atoms with van der Waals surface area (Å²) < 4.78 is 6.59. The van der Waals surface area contributed by atoms with Gasteiger partial charge in [0.15, 0.2) is 0 Å². The fraction of sp³-hybridized carbons (Fsp3) is 0.385. The minimum absolute atomic E-state index is 0.140. The van der Waals surface area contributed by atoms with Crippen molar-refractivity contribution >= 4 is 38.9 Å². The van der Waals surface area contributed by atoms with Crippen LogP contribution in [0.1, 0.15) is 34.9 Å². The lowest BCUT2D eigenvalue weighted by Gasteiger charge is -2.15. The lowest BCUT2D eigenvalue weighted by atomic mass is 10.1. The van der Waals surface area contributed by atoms with Gasteiger partial charge in [-0.05, 0) is 48.5 Å². The van der Waals surface area contributed by atoms with Crippen LogP contribution in [0.3, 0.4) is 0 Å². The minimum atomic E-state index is 0.140. The van der Waals surface area contributed by atoms with Crippen LogP contribution in [-0.4, -0.2) is 6.54 Å². The van der Waals surface area contributed by atoms with Crippen LogP contribution in [0.15, 0.2) is 20.3 Å². The lowest BCUT2D eigenvalue weighted by molar-refractivity contribution is 0.495. The van der Waals surface area contributed by atoms with Crippen LogP contribution in [0.25, 0.3) is 0 Å². The largest absolute Gasteiger partial charge is 0.466 e.